The highest BCUT2D eigenvalue weighted by Crippen LogP contribution is 2.20. The lowest BCUT2D eigenvalue weighted by molar-refractivity contribution is -0.127. The minimum Gasteiger partial charge on any atom is -0.343 e. The van der Waals surface area contributed by atoms with Crippen molar-refractivity contribution in [1.29, 1.82) is 0 Å². The van der Waals surface area contributed by atoms with E-state index in [9.17, 15) is 4.79 Å². The maximum atomic E-state index is 10.9. The molecule has 1 heterocycles. The van der Waals surface area contributed by atoms with Gasteiger partial charge in [0.2, 0.25) is 5.91 Å². The second kappa shape index (κ2) is 3.74. The van der Waals surface area contributed by atoms with Crippen LogP contribution in [0.3, 0.4) is 0 Å². The molecule has 1 aliphatic rings. The van der Waals surface area contributed by atoms with Crippen molar-refractivity contribution in [2.24, 2.45) is 5.92 Å². The van der Waals surface area contributed by atoms with Crippen molar-refractivity contribution in [2.45, 2.75) is 33.1 Å². The van der Waals surface area contributed by atoms with Gasteiger partial charge in [-0.15, -0.1) is 0 Å². The Labute approximate surface area is 68.6 Å². The molecule has 1 fully saturated rings. The number of amides is 1. The zero-order valence-corrected chi connectivity index (χ0v) is 7.47. The Balaban J connectivity index is 2.29. The Hall–Kier alpha value is -0.530. The van der Waals surface area contributed by atoms with Crippen LogP contribution >= 0.6 is 0 Å². The van der Waals surface area contributed by atoms with E-state index in [4.69, 9.17) is 0 Å². The standard InChI is InChI=1S/C9H17NO/c1-3-4-9-5-6-10(7-9)8(2)11/h9H,3-7H2,1-2H3. The molecule has 1 rings (SSSR count). The molecule has 0 aliphatic carbocycles. The van der Waals surface area contributed by atoms with Gasteiger partial charge in [-0.3, -0.25) is 4.79 Å². The Morgan fingerprint density at radius 2 is 2.36 bits per heavy atom. The summed E-state index contributed by atoms with van der Waals surface area (Å²) in [4.78, 5) is 12.9. The van der Waals surface area contributed by atoms with Gasteiger partial charge in [0, 0.05) is 20.0 Å². The van der Waals surface area contributed by atoms with E-state index in [0.717, 1.165) is 19.0 Å². The van der Waals surface area contributed by atoms with Crippen LogP contribution in [-0.2, 0) is 4.79 Å². The average Bonchev–Trinajstić information content (AvgIpc) is 2.37. The van der Waals surface area contributed by atoms with E-state index in [1.165, 1.54) is 19.3 Å². The third-order valence-corrected chi connectivity index (χ3v) is 2.43. The second-order valence-electron chi connectivity index (χ2n) is 3.41. The van der Waals surface area contributed by atoms with Gasteiger partial charge >= 0.3 is 0 Å². The topological polar surface area (TPSA) is 20.3 Å². The highest BCUT2D eigenvalue weighted by atomic mass is 16.2. The summed E-state index contributed by atoms with van der Waals surface area (Å²) in [7, 11) is 0. The van der Waals surface area contributed by atoms with Crippen molar-refractivity contribution in [3.63, 3.8) is 0 Å². The van der Waals surface area contributed by atoms with Crippen LogP contribution in [0.25, 0.3) is 0 Å². The van der Waals surface area contributed by atoms with E-state index in [0.29, 0.717) is 0 Å². The molecule has 64 valence electrons. The minimum atomic E-state index is 0.239. The van der Waals surface area contributed by atoms with E-state index in [1.54, 1.807) is 6.92 Å². The van der Waals surface area contributed by atoms with Gasteiger partial charge in [-0.25, -0.2) is 0 Å². The van der Waals surface area contributed by atoms with Crippen molar-refractivity contribution in [3.8, 4) is 0 Å². The number of hydrogen-bond acceptors (Lipinski definition) is 1. The fourth-order valence-electron chi connectivity index (χ4n) is 1.76. The van der Waals surface area contributed by atoms with E-state index < -0.39 is 0 Å². The van der Waals surface area contributed by atoms with E-state index in [1.807, 2.05) is 4.90 Å². The lowest BCUT2D eigenvalue weighted by Crippen LogP contribution is -2.25. The molecule has 1 aliphatic heterocycles. The first-order valence-electron chi connectivity index (χ1n) is 4.49. The second-order valence-corrected chi connectivity index (χ2v) is 3.41. The number of rotatable bonds is 2. The fourth-order valence-corrected chi connectivity index (χ4v) is 1.76. The molecule has 11 heavy (non-hydrogen) atoms. The maximum absolute atomic E-state index is 10.9. The molecule has 0 bridgehead atoms. The Bertz CT molecular complexity index is 144. The maximum Gasteiger partial charge on any atom is 0.219 e. The summed E-state index contributed by atoms with van der Waals surface area (Å²) < 4.78 is 0. The zero-order valence-electron chi connectivity index (χ0n) is 7.47. The van der Waals surface area contributed by atoms with Gasteiger partial charge < -0.3 is 4.90 Å². The van der Waals surface area contributed by atoms with Crippen molar-refractivity contribution >= 4 is 5.91 Å². The molecule has 2 heteroatoms. The van der Waals surface area contributed by atoms with E-state index in [-0.39, 0.29) is 5.91 Å². The summed E-state index contributed by atoms with van der Waals surface area (Å²) in [5.41, 5.74) is 0. The smallest absolute Gasteiger partial charge is 0.219 e. The third-order valence-electron chi connectivity index (χ3n) is 2.43. The molecule has 0 radical (unpaired) electrons. The molecular formula is C9H17NO. The van der Waals surface area contributed by atoms with Gasteiger partial charge in [0.25, 0.3) is 0 Å². The molecule has 0 N–H and O–H groups in total. The lowest BCUT2D eigenvalue weighted by Gasteiger charge is -2.12. The molecule has 0 aromatic rings. The van der Waals surface area contributed by atoms with Gasteiger partial charge in [0.15, 0.2) is 0 Å². The largest absolute Gasteiger partial charge is 0.343 e. The zero-order chi connectivity index (χ0) is 8.27. The van der Waals surface area contributed by atoms with Gasteiger partial charge in [-0.2, -0.15) is 0 Å². The van der Waals surface area contributed by atoms with Crippen molar-refractivity contribution in [1.82, 2.24) is 4.90 Å². The average molecular weight is 155 g/mol. The summed E-state index contributed by atoms with van der Waals surface area (Å²) in [6.45, 7) is 5.86. The molecule has 0 aromatic carbocycles. The van der Waals surface area contributed by atoms with Gasteiger partial charge in [-0.1, -0.05) is 13.3 Å². The van der Waals surface area contributed by atoms with Gasteiger partial charge in [-0.05, 0) is 18.8 Å². The molecule has 0 aromatic heterocycles. The monoisotopic (exact) mass is 155 g/mol. The molecule has 1 atom stereocenters. The van der Waals surface area contributed by atoms with Crippen LogP contribution in [0, 0.1) is 5.92 Å². The number of likely N-dealkylation sites (tertiary alicyclic amines) is 1. The Kier molecular flexibility index (Phi) is 2.92. The summed E-state index contributed by atoms with van der Waals surface area (Å²) in [5.74, 6) is 1.02. The van der Waals surface area contributed by atoms with Crippen molar-refractivity contribution in [3.05, 3.63) is 0 Å². The summed E-state index contributed by atoms with van der Waals surface area (Å²) in [5, 5.41) is 0. The van der Waals surface area contributed by atoms with Crippen LogP contribution in [0.5, 0.6) is 0 Å². The van der Waals surface area contributed by atoms with Crippen molar-refractivity contribution in [2.75, 3.05) is 13.1 Å². The van der Waals surface area contributed by atoms with Gasteiger partial charge in [0.05, 0.1) is 0 Å². The molecule has 0 spiro atoms. The van der Waals surface area contributed by atoms with Crippen LogP contribution in [0.4, 0.5) is 0 Å². The number of carbonyl (C=O) groups excluding carboxylic acids is 1. The predicted molar refractivity (Wildman–Crippen MR) is 45.3 cm³/mol. The SMILES string of the molecule is CCCC1CCN(C(C)=O)C1. The molecule has 1 amide bonds. The molecular weight excluding hydrogens is 138 g/mol. The summed E-state index contributed by atoms with van der Waals surface area (Å²) in [6.07, 6.45) is 3.74. The quantitative estimate of drug-likeness (QED) is 0.594. The first-order chi connectivity index (χ1) is 5.24. The molecule has 0 saturated carbocycles. The lowest BCUT2D eigenvalue weighted by atomic mass is 10.0. The normalized spacial score (nSPS) is 24.2. The Morgan fingerprint density at radius 3 is 2.82 bits per heavy atom. The first kappa shape index (κ1) is 8.57. The van der Waals surface area contributed by atoms with E-state index >= 15 is 0 Å². The van der Waals surface area contributed by atoms with E-state index in [2.05, 4.69) is 6.92 Å². The highest BCUT2D eigenvalue weighted by Gasteiger charge is 2.22. The molecule has 1 saturated heterocycles. The highest BCUT2D eigenvalue weighted by molar-refractivity contribution is 5.73. The number of hydrogen-bond donors (Lipinski definition) is 0. The van der Waals surface area contributed by atoms with Crippen LogP contribution < -0.4 is 0 Å². The van der Waals surface area contributed by atoms with Crippen LogP contribution in [0.15, 0.2) is 0 Å². The summed E-state index contributed by atoms with van der Waals surface area (Å²) in [6, 6.07) is 0. The molecule has 1 unspecified atom stereocenters. The Morgan fingerprint density at radius 1 is 1.64 bits per heavy atom. The van der Waals surface area contributed by atoms with Gasteiger partial charge in [0.1, 0.15) is 0 Å². The molecule has 2 nitrogen and oxygen atoms in total. The third kappa shape index (κ3) is 2.21. The summed E-state index contributed by atoms with van der Waals surface area (Å²) >= 11 is 0. The minimum absolute atomic E-state index is 0.239. The van der Waals surface area contributed by atoms with Crippen LogP contribution in [0.2, 0.25) is 0 Å². The van der Waals surface area contributed by atoms with Crippen molar-refractivity contribution < 1.29 is 4.79 Å². The number of carbonyl (C=O) groups is 1. The predicted octanol–water partition coefficient (Wildman–Crippen LogP) is 1.65. The van der Waals surface area contributed by atoms with Crippen LogP contribution in [0.1, 0.15) is 33.1 Å². The number of nitrogens with zero attached hydrogens (tertiary/aromatic N) is 1. The van der Waals surface area contributed by atoms with Crippen LogP contribution in [-0.4, -0.2) is 23.9 Å². The first-order valence-corrected chi connectivity index (χ1v) is 4.49. The fraction of sp³-hybridized carbons (Fsp3) is 0.889.